The summed E-state index contributed by atoms with van der Waals surface area (Å²) in [5.41, 5.74) is 1.38. The van der Waals surface area contributed by atoms with Crippen molar-refractivity contribution in [1.29, 1.82) is 0 Å². The molecular formula is C21H21ClN6O3S. The van der Waals surface area contributed by atoms with E-state index in [1.165, 1.54) is 18.6 Å². The maximum absolute atomic E-state index is 11.3. The fourth-order valence-corrected chi connectivity index (χ4v) is 4.03. The minimum Gasteiger partial charge on any atom is -0.493 e. The molecule has 11 heteroatoms. The van der Waals surface area contributed by atoms with Gasteiger partial charge in [0.2, 0.25) is 11.0 Å². The molecule has 4 rings (SSSR count). The molecule has 1 aliphatic heterocycles. The van der Waals surface area contributed by atoms with Crippen LogP contribution >= 0.6 is 23.8 Å². The van der Waals surface area contributed by atoms with Crippen LogP contribution in [0, 0.1) is 10.1 Å². The van der Waals surface area contributed by atoms with Gasteiger partial charge in [-0.25, -0.2) is 0 Å². The monoisotopic (exact) mass is 472 g/mol. The highest BCUT2D eigenvalue weighted by molar-refractivity contribution is 7.80. The number of nitro groups is 1. The van der Waals surface area contributed by atoms with Gasteiger partial charge in [-0.1, -0.05) is 18.0 Å². The van der Waals surface area contributed by atoms with Crippen molar-refractivity contribution in [3.8, 4) is 5.88 Å². The van der Waals surface area contributed by atoms with Crippen LogP contribution in [0.1, 0.15) is 19.3 Å². The van der Waals surface area contributed by atoms with Crippen LogP contribution in [0.25, 0.3) is 10.9 Å². The molecular weight excluding hydrogens is 452 g/mol. The number of non-ortho nitro benzene ring substituents is 1. The van der Waals surface area contributed by atoms with Crippen molar-refractivity contribution in [1.82, 2.24) is 9.47 Å². The van der Waals surface area contributed by atoms with Crippen LogP contribution in [0.5, 0.6) is 5.88 Å². The third kappa shape index (κ3) is 4.87. The van der Waals surface area contributed by atoms with Crippen molar-refractivity contribution >= 4 is 56.9 Å². The summed E-state index contributed by atoms with van der Waals surface area (Å²) in [5.74, 6) is -0.107. The summed E-state index contributed by atoms with van der Waals surface area (Å²) in [6, 6.07) is 11.4. The maximum atomic E-state index is 11.3. The molecule has 0 radical (unpaired) electrons. The number of nitro benzene ring substituents is 1. The third-order valence-corrected chi connectivity index (χ3v) is 5.77. The van der Waals surface area contributed by atoms with Gasteiger partial charge in [-0.05, 0) is 68.5 Å². The Balaban J connectivity index is 1.66. The van der Waals surface area contributed by atoms with Crippen molar-refractivity contribution in [3.05, 3.63) is 57.6 Å². The second-order valence-corrected chi connectivity index (χ2v) is 8.34. The normalized spacial score (nSPS) is 14.8. The molecule has 1 aliphatic rings. The standard InChI is InChI=1S/C21H21ClN6O3S/c22-14-4-6-15(7-5-14)23-21(32)25-24-19-17-12-16(28(30)31)8-9-18(17)27(20(19)29)13-26-10-2-1-3-11-26/h4-9,12,29H,1-3,10-11,13H2,(H,23,32). The van der Waals surface area contributed by atoms with E-state index < -0.39 is 4.92 Å². The molecule has 32 heavy (non-hydrogen) atoms. The Hall–Kier alpha value is -3.08. The number of thiocarbonyl (C=S) groups is 1. The summed E-state index contributed by atoms with van der Waals surface area (Å²) < 4.78 is 1.70. The first kappa shape index (κ1) is 22.1. The van der Waals surface area contributed by atoms with E-state index in [0.29, 0.717) is 28.3 Å². The number of anilines is 1. The van der Waals surface area contributed by atoms with Crippen LogP contribution in [-0.2, 0) is 6.67 Å². The van der Waals surface area contributed by atoms with Crippen molar-refractivity contribution < 1.29 is 10.0 Å². The molecule has 0 atom stereocenters. The number of fused-ring (bicyclic) bond motifs is 1. The summed E-state index contributed by atoms with van der Waals surface area (Å²) >= 11 is 11.1. The molecule has 2 aromatic carbocycles. The Labute approximate surface area is 194 Å². The van der Waals surface area contributed by atoms with Gasteiger partial charge >= 0.3 is 0 Å². The number of hydrogen-bond acceptors (Lipinski definition) is 6. The van der Waals surface area contributed by atoms with E-state index >= 15 is 0 Å². The van der Waals surface area contributed by atoms with Crippen LogP contribution in [0.4, 0.5) is 17.1 Å². The van der Waals surface area contributed by atoms with Crippen LogP contribution < -0.4 is 5.32 Å². The fourth-order valence-electron chi connectivity index (χ4n) is 3.74. The van der Waals surface area contributed by atoms with E-state index in [1.54, 1.807) is 34.9 Å². The van der Waals surface area contributed by atoms with Gasteiger partial charge in [0.05, 0.1) is 17.1 Å². The first-order valence-corrected chi connectivity index (χ1v) is 10.9. The molecule has 2 heterocycles. The Kier molecular flexibility index (Phi) is 6.63. The molecule has 0 unspecified atom stereocenters. The summed E-state index contributed by atoms with van der Waals surface area (Å²) in [5, 5.41) is 34.4. The lowest BCUT2D eigenvalue weighted by Crippen LogP contribution is -2.31. The molecule has 0 saturated carbocycles. The first-order valence-electron chi connectivity index (χ1n) is 10.1. The van der Waals surface area contributed by atoms with Gasteiger partial charge in [0.1, 0.15) is 0 Å². The predicted molar refractivity (Wildman–Crippen MR) is 128 cm³/mol. The number of nitrogens with one attached hydrogen (secondary N) is 1. The lowest BCUT2D eigenvalue weighted by atomic mass is 10.1. The van der Waals surface area contributed by atoms with Crippen LogP contribution in [-0.4, -0.2) is 37.7 Å². The number of likely N-dealkylation sites (tertiary alicyclic amines) is 1. The number of benzene rings is 2. The van der Waals surface area contributed by atoms with Gasteiger partial charge in [-0.15, -0.1) is 10.2 Å². The van der Waals surface area contributed by atoms with Gasteiger partial charge in [0.25, 0.3) is 5.69 Å². The molecule has 9 nitrogen and oxygen atoms in total. The summed E-state index contributed by atoms with van der Waals surface area (Å²) in [4.78, 5) is 13.0. The van der Waals surface area contributed by atoms with Gasteiger partial charge in [-0.2, -0.15) is 0 Å². The number of azo groups is 1. The molecule has 0 amide bonds. The highest BCUT2D eigenvalue weighted by Gasteiger charge is 2.22. The fraction of sp³-hybridized carbons (Fsp3) is 0.286. The number of nitrogens with zero attached hydrogens (tertiary/aromatic N) is 5. The smallest absolute Gasteiger partial charge is 0.270 e. The molecule has 2 N–H and O–H groups in total. The Bertz CT molecular complexity index is 1190. The lowest BCUT2D eigenvalue weighted by Gasteiger charge is -2.27. The Morgan fingerprint density at radius 2 is 1.91 bits per heavy atom. The zero-order chi connectivity index (χ0) is 22.7. The molecule has 0 aliphatic carbocycles. The number of halogens is 1. The van der Waals surface area contributed by atoms with E-state index in [0.717, 1.165) is 25.9 Å². The van der Waals surface area contributed by atoms with Gasteiger partial charge in [0.15, 0.2) is 5.69 Å². The number of aromatic hydroxyl groups is 1. The second-order valence-electron chi connectivity index (χ2n) is 7.52. The summed E-state index contributed by atoms with van der Waals surface area (Å²) in [6.07, 6.45) is 3.39. The molecule has 0 spiro atoms. The number of aromatic nitrogens is 1. The molecule has 0 bridgehead atoms. The second kappa shape index (κ2) is 9.60. The number of piperidine rings is 1. The zero-order valence-electron chi connectivity index (χ0n) is 17.1. The van der Waals surface area contributed by atoms with Crippen LogP contribution in [0.2, 0.25) is 5.02 Å². The highest BCUT2D eigenvalue weighted by atomic mass is 35.5. The number of rotatable bonds is 5. The quantitative estimate of drug-likeness (QED) is 0.209. The lowest BCUT2D eigenvalue weighted by molar-refractivity contribution is -0.384. The van der Waals surface area contributed by atoms with Gasteiger partial charge < -0.3 is 10.4 Å². The minimum atomic E-state index is -0.480. The molecule has 1 saturated heterocycles. The largest absolute Gasteiger partial charge is 0.493 e. The van der Waals surface area contributed by atoms with Crippen LogP contribution in [0.3, 0.4) is 0 Å². The predicted octanol–water partition coefficient (Wildman–Crippen LogP) is 5.83. The topological polar surface area (TPSA) is 108 Å². The Morgan fingerprint density at radius 3 is 2.59 bits per heavy atom. The van der Waals surface area contributed by atoms with Crippen molar-refractivity contribution in [2.24, 2.45) is 10.2 Å². The zero-order valence-corrected chi connectivity index (χ0v) is 18.6. The molecule has 1 aromatic heterocycles. The van der Waals surface area contributed by atoms with E-state index in [4.69, 9.17) is 23.8 Å². The van der Waals surface area contributed by atoms with Crippen LogP contribution in [0.15, 0.2) is 52.7 Å². The molecule has 166 valence electrons. The average molecular weight is 473 g/mol. The van der Waals surface area contributed by atoms with E-state index in [1.807, 2.05) is 0 Å². The highest BCUT2D eigenvalue weighted by Crippen LogP contribution is 2.40. The summed E-state index contributed by atoms with van der Waals surface area (Å²) in [6.45, 7) is 2.32. The average Bonchev–Trinajstić information content (AvgIpc) is 3.05. The van der Waals surface area contributed by atoms with Crippen molar-refractivity contribution in [2.75, 3.05) is 18.4 Å². The van der Waals surface area contributed by atoms with E-state index in [9.17, 15) is 15.2 Å². The maximum Gasteiger partial charge on any atom is 0.270 e. The molecule has 1 fully saturated rings. The number of hydrogen-bond donors (Lipinski definition) is 2. The summed E-state index contributed by atoms with van der Waals surface area (Å²) in [7, 11) is 0. The molecule has 3 aromatic rings. The van der Waals surface area contributed by atoms with Crippen molar-refractivity contribution in [3.63, 3.8) is 0 Å². The Morgan fingerprint density at radius 1 is 1.19 bits per heavy atom. The SMILES string of the molecule is O=[N+]([O-])c1ccc2c(c1)c(N=NC(=S)Nc1ccc(Cl)cc1)c(O)n2CN1CCCCC1. The minimum absolute atomic E-state index is 0.0779. The van der Waals surface area contributed by atoms with Gasteiger partial charge in [0, 0.05) is 28.2 Å². The van der Waals surface area contributed by atoms with E-state index in [-0.39, 0.29) is 22.4 Å². The third-order valence-electron chi connectivity index (χ3n) is 5.33. The first-order chi connectivity index (χ1) is 15.4. The van der Waals surface area contributed by atoms with Gasteiger partial charge in [-0.3, -0.25) is 19.6 Å². The van der Waals surface area contributed by atoms with Crippen molar-refractivity contribution in [2.45, 2.75) is 25.9 Å². The van der Waals surface area contributed by atoms with E-state index in [2.05, 4.69) is 20.4 Å².